The summed E-state index contributed by atoms with van der Waals surface area (Å²) < 4.78 is 19.1. The number of ether oxygens (including phenoxy) is 1. The lowest BCUT2D eigenvalue weighted by Crippen LogP contribution is -2.16. The van der Waals surface area contributed by atoms with Crippen LogP contribution in [0.3, 0.4) is 0 Å². The number of H-pyrrole nitrogens is 1. The second-order valence-corrected chi connectivity index (χ2v) is 8.05. The number of fused-ring (bicyclic) bond motifs is 3. The number of pyridine rings is 2. The molecule has 0 amide bonds. The lowest BCUT2D eigenvalue weighted by molar-refractivity contribution is 0.0525. The highest BCUT2D eigenvalue weighted by atomic mass is 19.1. The Bertz CT molecular complexity index is 1200. The highest BCUT2D eigenvalue weighted by Gasteiger charge is 2.29. The van der Waals surface area contributed by atoms with Gasteiger partial charge in [-0.25, -0.2) is 9.18 Å². The predicted molar refractivity (Wildman–Crippen MR) is 118 cm³/mol. The van der Waals surface area contributed by atoms with Crippen molar-refractivity contribution in [1.29, 1.82) is 0 Å². The van der Waals surface area contributed by atoms with Crippen molar-refractivity contribution >= 4 is 5.97 Å². The van der Waals surface area contributed by atoms with Gasteiger partial charge < -0.3 is 9.72 Å². The summed E-state index contributed by atoms with van der Waals surface area (Å²) in [5, 5.41) is 0. The van der Waals surface area contributed by atoms with Gasteiger partial charge in [0.15, 0.2) is 0 Å². The lowest BCUT2D eigenvalue weighted by Gasteiger charge is -2.22. The molecular weight excluding hydrogens is 395 g/mol. The van der Waals surface area contributed by atoms with Gasteiger partial charge in [-0.2, -0.15) is 0 Å². The van der Waals surface area contributed by atoms with Crippen molar-refractivity contribution in [2.75, 3.05) is 6.61 Å². The van der Waals surface area contributed by atoms with Gasteiger partial charge in [-0.1, -0.05) is 26.0 Å². The van der Waals surface area contributed by atoms with Gasteiger partial charge >= 0.3 is 5.97 Å². The molecule has 2 heterocycles. The SMILES string of the molecule is CCOC(=O)c1c(C(C)C)nc2c(c1-c1ccc(F)cc1)CCCc1cc(=O)[nH]cc1-2. The van der Waals surface area contributed by atoms with Crippen molar-refractivity contribution in [3.05, 3.63) is 75.1 Å². The molecule has 3 aromatic rings. The van der Waals surface area contributed by atoms with E-state index in [9.17, 15) is 14.0 Å². The minimum Gasteiger partial charge on any atom is -0.462 e. The zero-order chi connectivity index (χ0) is 22.1. The van der Waals surface area contributed by atoms with Gasteiger partial charge in [-0.05, 0) is 60.9 Å². The van der Waals surface area contributed by atoms with E-state index in [-0.39, 0.29) is 23.9 Å². The molecule has 31 heavy (non-hydrogen) atoms. The molecule has 0 spiro atoms. The molecule has 1 aromatic carbocycles. The minimum atomic E-state index is -0.424. The molecule has 0 saturated carbocycles. The van der Waals surface area contributed by atoms with E-state index in [0.29, 0.717) is 17.7 Å². The van der Waals surface area contributed by atoms with E-state index < -0.39 is 5.97 Å². The third-order valence-corrected chi connectivity index (χ3v) is 5.62. The van der Waals surface area contributed by atoms with Gasteiger partial charge in [0.25, 0.3) is 0 Å². The first kappa shape index (κ1) is 21.0. The van der Waals surface area contributed by atoms with Crippen LogP contribution in [0.15, 0.2) is 41.3 Å². The van der Waals surface area contributed by atoms with E-state index in [4.69, 9.17) is 9.72 Å². The molecule has 0 radical (unpaired) electrons. The third-order valence-electron chi connectivity index (χ3n) is 5.62. The zero-order valence-electron chi connectivity index (χ0n) is 17.9. The average Bonchev–Trinajstić information content (AvgIpc) is 2.91. The number of rotatable bonds is 4. The van der Waals surface area contributed by atoms with Gasteiger partial charge in [0.05, 0.1) is 23.6 Å². The monoisotopic (exact) mass is 420 g/mol. The Hall–Kier alpha value is -3.28. The van der Waals surface area contributed by atoms with E-state index in [0.717, 1.165) is 46.4 Å². The summed E-state index contributed by atoms with van der Waals surface area (Å²) in [6.45, 7) is 5.99. The van der Waals surface area contributed by atoms with Gasteiger partial charge in [-0.3, -0.25) is 9.78 Å². The van der Waals surface area contributed by atoms with E-state index >= 15 is 0 Å². The number of aromatic nitrogens is 2. The molecule has 2 aromatic heterocycles. The Morgan fingerprint density at radius 1 is 1.23 bits per heavy atom. The number of nitrogens with one attached hydrogen (secondary N) is 1. The van der Waals surface area contributed by atoms with Crippen LogP contribution in [0.2, 0.25) is 0 Å². The highest BCUT2D eigenvalue weighted by molar-refractivity contribution is 6.01. The zero-order valence-corrected chi connectivity index (χ0v) is 17.9. The molecular formula is C25H25FN2O3. The molecule has 0 aliphatic heterocycles. The fourth-order valence-corrected chi connectivity index (χ4v) is 4.27. The average molecular weight is 420 g/mol. The van der Waals surface area contributed by atoms with Crippen molar-refractivity contribution in [2.45, 2.75) is 46.0 Å². The normalized spacial score (nSPS) is 12.8. The summed E-state index contributed by atoms with van der Waals surface area (Å²) in [6.07, 6.45) is 3.94. The first-order chi connectivity index (χ1) is 14.9. The van der Waals surface area contributed by atoms with Crippen LogP contribution in [0.5, 0.6) is 0 Å². The number of aryl methyl sites for hydroxylation is 1. The molecule has 0 atom stereocenters. The molecule has 4 rings (SSSR count). The minimum absolute atomic E-state index is 0.0432. The molecule has 1 N–H and O–H groups in total. The first-order valence-electron chi connectivity index (χ1n) is 10.6. The van der Waals surface area contributed by atoms with Gasteiger partial charge in [0.2, 0.25) is 5.56 Å². The van der Waals surface area contributed by atoms with Crippen molar-refractivity contribution < 1.29 is 13.9 Å². The summed E-state index contributed by atoms with van der Waals surface area (Å²) in [4.78, 5) is 32.7. The molecule has 0 bridgehead atoms. The number of esters is 1. The molecule has 5 nitrogen and oxygen atoms in total. The molecule has 0 unspecified atom stereocenters. The molecule has 1 aliphatic rings. The Morgan fingerprint density at radius 2 is 1.97 bits per heavy atom. The number of hydrogen-bond acceptors (Lipinski definition) is 4. The van der Waals surface area contributed by atoms with Crippen LogP contribution in [0.1, 0.15) is 60.3 Å². The maximum absolute atomic E-state index is 13.7. The lowest BCUT2D eigenvalue weighted by atomic mass is 9.87. The Balaban J connectivity index is 2.12. The van der Waals surface area contributed by atoms with Crippen LogP contribution < -0.4 is 5.56 Å². The van der Waals surface area contributed by atoms with Gasteiger partial charge in [0.1, 0.15) is 5.82 Å². The standard InChI is InChI=1S/C25H25FN2O3/c1-4-31-25(30)22-21(15-8-10-17(26)11-9-15)18-7-5-6-16-12-20(29)27-13-19(16)24(18)28-23(22)14(2)3/h8-14H,4-7H2,1-3H3,(H,27,29). The number of halogens is 1. The van der Waals surface area contributed by atoms with Crippen LogP contribution in [-0.2, 0) is 17.6 Å². The van der Waals surface area contributed by atoms with Crippen molar-refractivity contribution in [2.24, 2.45) is 0 Å². The quantitative estimate of drug-likeness (QED) is 0.601. The summed E-state index contributed by atoms with van der Waals surface area (Å²) in [5.74, 6) is -0.807. The molecule has 160 valence electrons. The van der Waals surface area contributed by atoms with Crippen molar-refractivity contribution in [3.63, 3.8) is 0 Å². The summed E-state index contributed by atoms with van der Waals surface area (Å²) >= 11 is 0. The van der Waals surface area contributed by atoms with Crippen LogP contribution in [-0.4, -0.2) is 22.5 Å². The van der Waals surface area contributed by atoms with Gasteiger partial charge in [0, 0.05) is 23.4 Å². The second-order valence-electron chi connectivity index (χ2n) is 8.05. The number of carbonyl (C=O) groups excluding carboxylic acids is 1. The Morgan fingerprint density at radius 3 is 2.65 bits per heavy atom. The topological polar surface area (TPSA) is 72.0 Å². The third kappa shape index (κ3) is 3.90. The number of aromatic amines is 1. The van der Waals surface area contributed by atoms with Crippen LogP contribution >= 0.6 is 0 Å². The number of nitrogens with zero attached hydrogens (tertiary/aromatic N) is 1. The fourth-order valence-electron chi connectivity index (χ4n) is 4.27. The van der Waals surface area contributed by atoms with Crippen LogP contribution in [0.25, 0.3) is 22.4 Å². The highest BCUT2D eigenvalue weighted by Crippen LogP contribution is 2.41. The van der Waals surface area contributed by atoms with E-state index in [2.05, 4.69) is 4.98 Å². The number of hydrogen-bond donors (Lipinski definition) is 1. The smallest absolute Gasteiger partial charge is 0.340 e. The first-order valence-corrected chi connectivity index (χ1v) is 10.6. The molecule has 6 heteroatoms. The number of benzene rings is 1. The molecule has 0 saturated heterocycles. The van der Waals surface area contributed by atoms with Crippen LogP contribution in [0.4, 0.5) is 4.39 Å². The van der Waals surface area contributed by atoms with Crippen LogP contribution in [0, 0.1) is 5.82 Å². The van der Waals surface area contributed by atoms with Crippen molar-refractivity contribution in [1.82, 2.24) is 9.97 Å². The summed E-state index contributed by atoms with van der Waals surface area (Å²) in [6, 6.07) is 7.80. The van der Waals surface area contributed by atoms with Crippen molar-refractivity contribution in [3.8, 4) is 22.4 Å². The van der Waals surface area contributed by atoms with E-state index in [1.807, 2.05) is 13.8 Å². The Labute approximate surface area is 180 Å². The summed E-state index contributed by atoms with van der Waals surface area (Å²) in [5.41, 5.74) is 5.92. The maximum Gasteiger partial charge on any atom is 0.340 e. The van der Waals surface area contributed by atoms with E-state index in [1.165, 1.54) is 12.1 Å². The second kappa shape index (κ2) is 8.46. The molecule has 0 fully saturated rings. The summed E-state index contributed by atoms with van der Waals surface area (Å²) in [7, 11) is 0. The molecule has 1 aliphatic carbocycles. The fraction of sp³-hybridized carbons (Fsp3) is 0.320. The Kier molecular flexibility index (Phi) is 5.72. The predicted octanol–water partition coefficient (Wildman–Crippen LogP) is 5.03. The van der Waals surface area contributed by atoms with Gasteiger partial charge in [-0.15, -0.1) is 0 Å². The maximum atomic E-state index is 13.7. The number of carbonyl (C=O) groups is 1. The van der Waals surface area contributed by atoms with E-state index in [1.54, 1.807) is 31.3 Å². The largest absolute Gasteiger partial charge is 0.462 e.